The molecule has 12 nitrogen and oxygen atoms in total. The summed E-state index contributed by atoms with van der Waals surface area (Å²) in [6.07, 6.45) is 8.47. The molecule has 16 aromatic rings. The minimum atomic E-state index is 0.600. The van der Waals surface area contributed by atoms with Gasteiger partial charge in [0, 0.05) is 106 Å². The molecule has 0 spiro atoms. The fourth-order valence-electron chi connectivity index (χ4n) is 13.3. The predicted molar refractivity (Wildman–Crippen MR) is 384 cm³/mol. The summed E-state index contributed by atoms with van der Waals surface area (Å²) in [5.74, 6) is 0. The van der Waals surface area contributed by atoms with Crippen LogP contribution in [0.3, 0.4) is 0 Å². The van der Waals surface area contributed by atoms with Gasteiger partial charge in [0.15, 0.2) is 41.8 Å². The van der Waals surface area contributed by atoms with E-state index in [9.17, 15) is 0 Å². The number of furan rings is 4. The lowest BCUT2D eigenvalue weighted by Gasteiger charge is -2.08. The van der Waals surface area contributed by atoms with Gasteiger partial charge in [0.1, 0.15) is 72.9 Å². The van der Waals surface area contributed by atoms with Crippen LogP contribution in [0, 0.1) is 81.7 Å². The number of hydrogen-bond acceptors (Lipinski definition) is 4. The maximum atomic E-state index is 7.81. The van der Waals surface area contributed by atoms with Crippen LogP contribution in [0.4, 0.5) is 22.7 Å². The highest BCUT2D eigenvalue weighted by atomic mass is 16.3. The number of hydrogen-bond donors (Lipinski definition) is 0. The van der Waals surface area contributed by atoms with Crippen LogP contribution in [0.1, 0.15) is 44.5 Å². The van der Waals surface area contributed by atoms with Gasteiger partial charge >= 0.3 is 0 Å². The fraction of sp³-hybridized carbons (Fsp3) is 0.143. The monoisotopic (exact) mass is 1250 g/mol. The predicted octanol–water partition coefficient (Wildman–Crippen LogP) is 21.0. The average molecular weight is 1250 g/mol. The first-order chi connectivity index (χ1) is 46.3. The van der Waals surface area contributed by atoms with Crippen LogP contribution in [0.25, 0.3) is 152 Å². The molecule has 0 amide bonds. The largest absolute Gasteiger partial charge is 0.457 e. The second-order valence-corrected chi connectivity index (χ2v) is 25.0. The molecule has 96 heavy (non-hydrogen) atoms. The number of pyridine rings is 4. The Morgan fingerprint density at radius 1 is 0.292 bits per heavy atom. The molecule has 464 valence electrons. The molecule has 0 fully saturated rings. The zero-order valence-electron chi connectivity index (χ0n) is 55.7. The molecule has 8 aromatic carbocycles. The van der Waals surface area contributed by atoms with Crippen LogP contribution < -0.4 is 18.3 Å². The Kier molecular flexibility index (Phi) is 16.4. The van der Waals surface area contributed by atoms with Crippen molar-refractivity contribution in [3.63, 3.8) is 0 Å². The first-order valence-corrected chi connectivity index (χ1v) is 31.5. The molecule has 16 rings (SSSR count). The van der Waals surface area contributed by atoms with Gasteiger partial charge in [-0.15, -0.1) is 0 Å². The molecule has 0 aliphatic carbocycles. The molecule has 8 heterocycles. The summed E-state index contributed by atoms with van der Waals surface area (Å²) in [6.45, 7) is 46.3. The van der Waals surface area contributed by atoms with Crippen molar-refractivity contribution in [1.29, 1.82) is 0 Å². The summed E-state index contributed by atoms with van der Waals surface area (Å²) in [6, 6.07) is 56.5. The van der Waals surface area contributed by atoms with Crippen molar-refractivity contribution in [2.75, 3.05) is 0 Å². The van der Waals surface area contributed by atoms with Gasteiger partial charge in [-0.2, -0.15) is 0 Å². The normalized spacial score (nSPS) is 11.1. The highest BCUT2D eigenvalue weighted by Crippen LogP contribution is 2.45. The van der Waals surface area contributed by atoms with Crippen molar-refractivity contribution in [3.05, 3.63) is 285 Å². The highest BCUT2D eigenvalue weighted by Gasteiger charge is 2.25. The van der Waals surface area contributed by atoms with E-state index >= 15 is 0 Å². The number of aryl methyl sites for hydroxylation is 12. The van der Waals surface area contributed by atoms with Crippen LogP contribution >= 0.6 is 0 Å². The Morgan fingerprint density at radius 2 is 0.708 bits per heavy atom. The van der Waals surface area contributed by atoms with Gasteiger partial charge in [0.05, 0.1) is 31.9 Å². The van der Waals surface area contributed by atoms with E-state index in [4.69, 9.17) is 44.0 Å². The molecule has 0 radical (unpaired) electrons. The molecule has 12 heteroatoms. The van der Waals surface area contributed by atoms with E-state index < -0.39 is 0 Å². The second kappa shape index (κ2) is 25.2. The third kappa shape index (κ3) is 11.5. The van der Waals surface area contributed by atoms with Crippen molar-refractivity contribution >= 4 is 111 Å². The molecule has 8 aromatic heterocycles. The van der Waals surface area contributed by atoms with Gasteiger partial charge in [-0.25, -0.2) is 37.6 Å². The van der Waals surface area contributed by atoms with Crippen molar-refractivity contribution in [3.8, 4) is 45.0 Å². The van der Waals surface area contributed by atoms with Gasteiger partial charge in [-0.05, 0) is 175 Å². The molecule has 0 aliphatic rings. The standard InChI is InChI=1S/4C21H17N2O/c1-13-5-8-19(23(4)12-13)17-11-18-16-7-6-15(22-3)10-21(16)24-20(18)9-14(17)2;1-13-5-7-19(23(4)12-13)16-11-18-17-10-15(22-3)6-8-20(17)24-21(18)9-14(16)2;1-13-8-9-18(23(4)12-13)15-11-16-20(10-14(15)2)24-19-7-5-6-17(22-3)21(16)19;1-13-9-10-16(23(4)12-13)19-14(2)11-18-20(21(19)22-3)15-7-5-6-8-17(15)24-18/h4*5-12H,1-2,4H3/q4*+1. The lowest BCUT2D eigenvalue weighted by atomic mass is 9.98. The molecule has 0 saturated heterocycles. The maximum absolute atomic E-state index is 7.81. The molecule has 0 aliphatic heterocycles. The zero-order valence-corrected chi connectivity index (χ0v) is 55.7. The Morgan fingerprint density at radius 3 is 1.24 bits per heavy atom. The fourth-order valence-corrected chi connectivity index (χ4v) is 13.3. The van der Waals surface area contributed by atoms with E-state index in [2.05, 4.69) is 217 Å². The van der Waals surface area contributed by atoms with Gasteiger partial charge in [-0.1, -0.05) is 48.5 Å². The lowest BCUT2D eigenvalue weighted by Crippen LogP contribution is -2.31. The highest BCUT2D eigenvalue weighted by molar-refractivity contribution is 6.16. The Balaban J connectivity index is 0.000000116. The van der Waals surface area contributed by atoms with Gasteiger partial charge in [0.25, 0.3) is 0 Å². The maximum Gasteiger partial charge on any atom is 0.212 e. The minimum absolute atomic E-state index is 0.600. The SMILES string of the molecule is [C-]#[N+]c1c(-c2ccc(C)c[n+]2C)c(C)cc2oc3ccccc3c12.[C-]#[N+]c1ccc2c(c1)oc1cc(C)c(-c3ccc(C)c[n+]3C)cc12.[C-]#[N+]c1ccc2oc3cc(C)c(-c4ccc(C)c[n+]4C)cc3c2c1.[C-]#[N+]c1cccc2oc3cc(C)c(-c4ccc(C)c[n+]4C)cc3c12. The Hall–Kier alpha value is -12.5. The van der Waals surface area contributed by atoms with E-state index in [1.165, 1.54) is 50.2 Å². The van der Waals surface area contributed by atoms with Gasteiger partial charge < -0.3 is 17.7 Å². The van der Waals surface area contributed by atoms with Crippen LogP contribution in [-0.4, -0.2) is 0 Å². The first-order valence-electron chi connectivity index (χ1n) is 31.5. The number of benzene rings is 8. The third-order valence-corrected chi connectivity index (χ3v) is 18.0. The van der Waals surface area contributed by atoms with E-state index in [0.29, 0.717) is 22.7 Å². The average Bonchev–Trinajstić information content (AvgIpc) is 1.57. The number of rotatable bonds is 4. The first kappa shape index (κ1) is 62.3. The van der Waals surface area contributed by atoms with Crippen LogP contribution in [0.2, 0.25) is 0 Å². The van der Waals surface area contributed by atoms with Crippen LogP contribution in [0.15, 0.2) is 212 Å². The summed E-state index contributed by atoms with van der Waals surface area (Å²) in [7, 11) is 8.22. The molecule has 0 unspecified atom stereocenters. The van der Waals surface area contributed by atoms with Crippen LogP contribution in [-0.2, 0) is 28.2 Å². The van der Waals surface area contributed by atoms with Crippen molar-refractivity contribution in [2.24, 2.45) is 28.2 Å². The summed E-state index contributed by atoms with van der Waals surface area (Å²) in [4.78, 5) is 14.6. The number of para-hydroxylation sites is 1. The van der Waals surface area contributed by atoms with Crippen molar-refractivity contribution < 1.29 is 35.9 Å². The van der Waals surface area contributed by atoms with E-state index in [-0.39, 0.29) is 0 Å². The number of nitrogens with zero attached hydrogens (tertiary/aromatic N) is 8. The molecule has 0 N–H and O–H groups in total. The lowest BCUT2D eigenvalue weighted by molar-refractivity contribution is -0.660. The summed E-state index contributed by atoms with van der Waals surface area (Å²) < 4.78 is 32.4. The third-order valence-electron chi connectivity index (χ3n) is 18.0. The molecular formula is C84H68N8O4+4. The topological polar surface area (TPSA) is 85.5 Å². The summed E-state index contributed by atoms with van der Waals surface area (Å²) in [5, 5.41) is 7.98. The number of fused-ring (bicyclic) bond motifs is 12. The molecule has 0 bridgehead atoms. The second-order valence-electron chi connectivity index (χ2n) is 25.0. The van der Waals surface area contributed by atoms with Gasteiger partial charge in [-0.3, -0.25) is 0 Å². The molecular weight excluding hydrogens is 1180 g/mol. The number of aromatic nitrogens is 4. The Bertz CT molecular complexity index is 6060. The molecule has 0 saturated carbocycles. The van der Waals surface area contributed by atoms with Crippen LogP contribution in [0.5, 0.6) is 0 Å². The smallest absolute Gasteiger partial charge is 0.212 e. The minimum Gasteiger partial charge on any atom is -0.457 e. The summed E-state index contributed by atoms with van der Waals surface area (Å²) >= 11 is 0. The van der Waals surface area contributed by atoms with E-state index in [1.54, 1.807) is 6.07 Å². The van der Waals surface area contributed by atoms with E-state index in [1.807, 2.05) is 92.8 Å². The Labute approximate surface area is 556 Å². The van der Waals surface area contributed by atoms with Gasteiger partial charge in [0.2, 0.25) is 28.5 Å². The zero-order chi connectivity index (χ0) is 67.4. The van der Waals surface area contributed by atoms with Crippen molar-refractivity contribution in [2.45, 2.75) is 55.4 Å². The van der Waals surface area contributed by atoms with Crippen molar-refractivity contribution in [1.82, 2.24) is 0 Å². The summed E-state index contributed by atoms with van der Waals surface area (Å²) in [5.41, 5.74) is 27.5. The quantitative estimate of drug-likeness (QED) is 0.130. The van der Waals surface area contributed by atoms with E-state index in [0.717, 1.165) is 127 Å². The molecule has 0 atom stereocenters.